The minimum Gasteiger partial charge on any atom is -0.376 e. The van der Waals surface area contributed by atoms with Gasteiger partial charge in [0, 0.05) is 13.2 Å². The number of hydrogen-bond donors (Lipinski definition) is 0. The molecular weight excluding hydrogens is 304 g/mol. The summed E-state index contributed by atoms with van der Waals surface area (Å²) in [5.41, 5.74) is 0. The molecule has 8 heteroatoms. The Bertz CT molecular complexity index is 560. The maximum absolute atomic E-state index is 12.7. The van der Waals surface area contributed by atoms with Crippen molar-refractivity contribution in [1.82, 2.24) is 15.3 Å². The van der Waals surface area contributed by atoms with E-state index in [-0.39, 0.29) is 17.9 Å². The van der Waals surface area contributed by atoms with E-state index in [9.17, 15) is 4.79 Å². The van der Waals surface area contributed by atoms with Crippen molar-refractivity contribution < 1.29 is 14.4 Å². The third-order valence-electron chi connectivity index (χ3n) is 4.62. The number of hydrogen-bond acceptors (Lipinski definition) is 7. The zero-order valence-corrected chi connectivity index (χ0v) is 13.4. The second-order valence-corrected chi connectivity index (χ2v) is 7.24. The highest BCUT2D eigenvalue weighted by Crippen LogP contribution is 2.36. The van der Waals surface area contributed by atoms with Gasteiger partial charge in [-0.05, 0) is 26.2 Å². The third-order valence-corrected chi connectivity index (χ3v) is 5.49. The molecule has 3 aliphatic rings. The first kappa shape index (κ1) is 14.3. The molecule has 0 aliphatic carbocycles. The van der Waals surface area contributed by atoms with Gasteiger partial charge in [-0.25, -0.2) is 5.06 Å². The van der Waals surface area contributed by atoms with Gasteiger partial charge in [0.1, 0.15) is 5.01 Å². The number of nitrogens with zero attached hydrogens (tertiary/aromatic N) is 4. The number of amides is 1. The normalized spacial score (nSPS) is 31.6. The Morgan fingerprint density at radius 1 is 1.36 bits per heavy atom. The minimum atomic E-state index is -0.0957. The lowest BCUT2D eigenvalue weighted by Crippen LogP contribution is -2.53. The molecule has 0 spiro atoms. The molecule has 0 N–H and O–H groups in total. The van der Waals surface area contributed by atoms with E-state index in [0.29, 0.717) is 25.7 Å². The van der Waals surface area contributed by atoms with Gasteiger partial charge in [0.05, 0.1) is 31.2 Å². The summed E-state index contributed by atoms with van der Waals surface area (Å²) >= 11 is 1.58. The van der Waals surface area contributed by atoms with Gasteiger partial charge in [-0.3, -0.25) is 9.63 Å². The lowest BCUT2D eigenvalue weighted by atomic mass is 9.89. The fourth-order valence-electron chi connectivity index (χ4n) is 3.57. The van der Waals surface area contributed by atoms with Crippen molar-refractivity contribution in [2.75, 3.05) is 31.2 Å². The number of ether oxygens (including phenoxy) is 1. The van der Waals surface area contributed by atoms with E-state index < -0.39 is 0 Å². The Morgan fingerprint density at radius 3 is 3.00 bits per heavy atom. The number of rotatable bonds is 2. The van der Waals surface area contributed by atoms with Crippen molar-refractivity contribution in [3.63, 3.8) is 0 Å². The summed E-state index contributed by atoms with van der Waals surface area (Å²) in [6, 6.07) is 0.316. The van der Waals surface area contributed by atoms with Crippen LogP contribution in [-0.4, -0.2) is 59.6 Å². The maximum Gasteiger partial charge on any atom is 0.251 e. The van der Waals surface area contributed by atoms with Gasteiger partial charge >= 0.3 is 0 Å². The molecular formula is C14H20N4O3S. The van der Waals surface area contributed by atoms with E-state index in [1.165, 1.54) is 5.06 Å². The van der Waals surface area contributed by atoms with Crippen LogP contribution < -0.4 is 4.90 Å². The number of carbonyl (C=O) groups excluding carboxylic acids is 1. The Hall–Kier alpha value is -1.25. The van der Waals surface area contributed by atoms with E-state index in [4.69, 9.17) is 9.57 Å². The molecule has 0 saturated carbocycles. The van der Waals surface area contributed by atoms with Gasteiger partial charge in [-0.15, -0.1) is 10.2 Å². The first-order chi connectivity index (χ1) is 10.7. The van der Waals surface area contributed by atoms with Crippen LogP contribution in [0.1, 0.15) is 24.3 Å². The van der Waals surface area contributed by atoms with E-state index >= 15 is 0 Å². The summed E-state index contributed by atoms with van der Waals surface area (Å²) in [6.07, 6.45) is 2.79. The summed E-state index contributed by atoms with van der Waals surface area (Å²) in [4.78, 5) is 20.3. The molecule has 120 valence electrons. The highest BCUT2D eigenvalue weighted by molar-refractivity contribution is 7.15. The summed E-state index contributed by atoms with van der Waals surface area (Å²) in [6.45, 7) is 4.72. The second-order valence-electron chi connectivity index (χ2n) is 6.08. The van der Waals surface area contributed by atoms with Crippen molar-refractivity contribution >= 4 is 22.4 Å². The molecule has 3 aliphatic heterocycles. The number of aryl methyl sites for hydroxylation is 1. The maximum atomic E-state index is 12.7. The molecule has 0 unspecified atom stereocenters. The fourth-order valence-corrected chi connectivity index (χ4v) is 4.33. The number of carbonyl (C=O) groups is 1. The molecule has 3 saturated heterocycles. The number of hydroxylamine groups is 2. The van der Waals surface area contributed by atoms with Crippen LogP contribution in [0.15, 0.2) is 0 Å². The Labute approximate surface area is 133 Å². The van der Waals surface area contributed by atoms with Crippen LogP contribution in [0.3, 0.4) is 0 Å². The number of piperidine rings is 1. The molecule has 4 rings (SSSR count). The Balaban J connectivity index is 1.56. The average Bonchev–Trinajstić information content (AvgIpc) is 3.26. The van der Waals surface area contributed by atoms with Crippen molar-refractivity contribution in [3.05, 3.63) is 5.01 Å². The molecule has 3 atom stereocenters. The molecule has 1 amide bonds. The monoisotopic (exact) mass is 324 g/mol. The first-order valence-electron chi connectivity index (χ1n) is 7.85. The van der Waals surface area contributed by atoms with Crippen molar-refractivity contribution in [2.45, 2.75) is 38.3 Å². The summed E-state index contributed by atoms with van der Waals surface area (Å²) in [7, 11) is 0. The average molecular weight is 324 g/mol. The zero-order valence-electron chi connectivity index (χ0n) is 12.6. The van der Waals surface area contributed by atoms with Gasteiger partial charge in [0.15, 0.2) is 0 Å². The van der Waals surface area contributed by atoms with E-state index in [2.05, 4.69) is 15.1 Å². The van der Waals surface area contributed by atoms with Crippen molar-refractivity contribution in [1.29, 1.82) is 0 Å². The van der Waals surface area contributed by atoms with Crippen LogP contribution in [0, 0.1) is 12.8 Å². The van der Waals surface area contributed by atoms with Crippen LogP contribution in [0.5, 0.6) is 0 Å². The van der Waals surface area contributed by atoms with Gasteiger partial charge in [0.2, 0.25) is 5.13 Å². The van der Waals surface area contributed by atoms with Gasteiger partial charge in [0.25, 0.3) is 5.91 Å². The Morgan fingerprint density at radius 2 is 2.27 bits per heavy atom. The zero-order chi connectivity index (χ0) is 15.1. The van der Waals surface area contributed by atoms with Crippen LogP contribution in [-0.2, 0) is 14.4 Å². The predicted octanol–water partition coefficient (Wildman–Crippen LogP) is 0.994. The summed E-state index contributed by atoms with van der Waals surface area (Å²) < 4.78 is 5.86. The summed E-state index contributed by atoms with van der Waals surface area (Å²) in [5, 5.41) is 11.8. The van der Waals surface area contributed by atoms with E-state index in [1.54, 1.807) is 11.3 Å². The minimum absolute atomic E-state index is 0.0812. The molecule has 1 aromatic heterocycles. The van der Waals surface area contributed by atoms with E-state index in [0.717, 1.165) is 36.0 Å². The lowest BCUT2D eigenvalue weighted by molar-refractivity contribution is -0.174. The highest BCUT2D eigenvalue weighted by Gasteiger charge is 2.44. The molecule has 3 fully saturated rings. The second kappa shape index (κ2) is 5.75. The van der Waals surface area contributed by atoms with Gasteiger partial charge in [-0.1, -0.05) is 11.3 Å². The van der Waals surface area contributed by atoms with Crippen molar-refractivity contribution in [2.24, 2.45) is 5.92 Å². The largest absolute Gasteiger partial charge is 0.376 e. The SMILES string of the molecule is Cc1nnc(N2C[C@@H](C(=O)N3CCCO3)C[C@H]3OCC[C@H]32)s1. The van der Waals surface area contributed by atoms with Crippen LogP contribution in [0.4, 0.5) is 5.13 Å². The van der Waals surface area contributed by atoms with Crippen molar-refractivity contribution in [3.8, 4) is 0 Å². The molecule has 1 aromatic rings. The van der Waals surface area contributed by atoms with E-state index in [1.807, 2.05) is 6.92 Å². The molecule has 4 heterocycles. The first-order valence-corrected chi connectivity index (χ1v) is 8.66. The topological polar surface area (TPSA) is 67.8 Å². The number of anilines is 1. The Kier molecular flexibility index (Phi) is 3.75. The fraction of sp³-hybridized carbons (Fsp3) is 0.786. The quantitative estimate of drug-likeness (QED) is 0.808. The van der Waals surface area contributed by atoms with Crippen LogP contribution >= 0.6 is 11.3 Å². The highest BCUT2D eigenvalue weighted by atomic mass is 32.1. The number of fused-ring (bicyclic) bond motifs is 1. The van der Waals surface area contributed by atoms with Crippen LogP contribution in [0.2, 0.25) is 0 Å². The molecule has 7 nitrogen and oxygen atoms in total. The predicted molar refractivity (Wildman–Crippen MR) is 80.5 cm³/mol. The van der Waals surface area contributed by atoms with Crippen LogP contribution in [0.25, 0.3) is 0 Å². The summed E-state index contributed by atoms with van der Waals surface area (Å²) in [5.74, 6) is -0.0145. The molecule has 0 aromatic carbocycles. The number of aromatic nitrogens is 2. The molecule has 0 radical (unpaired) electrons. The smallest absolute Gasteiger partial charge is 0.251 e. The third kappa shape index (κ3) is 2.49. The molecule has 0 bridgehead atoms. The standard InChI is InChI=1S/C14H20N4O3S/c1-9-15-16-14(22-9)17-8-10(7-12-11(17)3-6-20-12)13(19)18-4-2-5-21-18/h10-12H,2-8H2,1H3/t10-,11+,12+/m0/s1. The van der Waals surface area contributed by atoms with Gasteiger partial charge in [-0.2, -0.15) is 0 Å². The van der Waals surface area contributed by atoms with Gasteiger partial charge < -0.3 is 9.64 Å². The molecule has 22 heavy (non-hydrogen) atoms. The lowest BCUT2D eigenvalue weighted by Gasteiger charge is -2.40.